The molecule has 0 aliphatic carbocycles. The highest BCUT2D eigenvalue weighted by molar-refractivity contribution is 4.77. The van der Waals surface area contributed by atoms with Gasteiger partial charge in [0.25, 0.3) is 0 Å². The predicted octanol–water partition coefficient (Wildman–Crippen LogP) is 4.44. The standard InChI is InChI=1S/C12H24O/c1-11(2)9-7-5-4-6-8-10-12(3)13/h11,13H,3-10H2,1-2H3. The maximum absolute atomic E-state index is 8.83. The van der Waals surface area contributed by atoms with Gasteiger partial charge in [-0.2, -0.15) is 0 Å². The SMILES string of the molecule is C=C(O)CCCCCCCC(C)C. The Morgan fingerprint density at radius 3 is 2.15 bits per heavy atom. The summed E-state index contributed by atoms with van der Waals surface area (Å²) < 4.78 is 0. The normalized spacial score (nSPS) is 10.7. The number of rotatable bonds is 8. The Bertz CT molecular complexity index is 127. The Morgan fingerprint density at radius 1 is 1.08 bits per heavy atom. The van der Waals surface area contributed by atoms with Crippen molar-refractivity contribution in [3.8, 4) is 0 Å². The number of allylic oxidation sites excluding steroid dienone is 1. The van der Waals surface area contributed by atoms with E-state index in [4.69, 9.17) is 5.11 Å². The van der Waals surface area contributed by atoms with Crippen molar-refractivity contribution >= 4 is 0 Å². The average Bonchev–Trinajstić information content (AvgIpc) is 2.01. The van der Waals surface area contributed by atoms with Gasteiger partial charge < -0.3 is 5.11 Å². The highest BCUT2D eigenvalue weighted by atomic mass is 16.3. The molecule has 0 aromatic carbocycles. The first-order valence-corrected chi connectivity index (χ1v) is 5.49. The molecule has 0 atom stereocenters. The zero-order valence-corrected chi connectivity index (χ0v) is 9.18. The summed E-state index contributed by atoms with van der Waals surface area (Å²) in [6.07, 6.45) is 8.47. The average molecular weight is 184 g/mol. The van der Waals surface area contributed by atoms with Crippen LogP contribution in [-0.2, 0) is 0 Å². The maximum atomic E-state index is 8.83. The lowest BCUT2D eigenvalue weighted by Crippen LogP contribution is -1.87. The lowest BCUT2D eigenvalue weighted by molar-refractivity contribution is 0.382. The van der Waals surface area contributed by atoms with Gasteiger partial charge in [0.15, 0.2) is 0 Å². The van der Waals surface area contributed by atoms with E-state index in [1.54, 1.807) is 0 Å². The fraction of sp³-hybridized carbons (Fsp3) is 0.833. The van der Waals surface area contributed by atoms with E-state index in [1.165, 1.54) is 32.1 Å². The van der Waals surface area contributed by atoms with Crippen LogP contribution in [0.2, 0.25) is 0 Å². The second-order valence-electron chi connectivity index (χ2n) is 4.27. The molecule has 0 rings (SSSR count). The quantitative estimate of drug-likeness (QED) is 0.436. The summed E-state index contributed by atoms with van der Waals surface area (Å²) in [5.74, 6) is 1.18. The van der Waals surface area contributed by atoms with Gasteiger partial charge in [-0.25, -0.2) is 0 Å². The molecule has 1 N–H and O–H groups in total. The van der Waals surface area contributed by atoms with Crippen molar-refractivity contribution in [2.24, 2.45) is 5.92 Å². The molecule has 1 nitrogen and oxygen atoms in total. The van der Waals surface area contributed by atoms with Gasteiger partial charge in [0.05, 0.1) is 5.76 Å². The minimum atomic E-state index is 0.335. The van der Waals surface area contributed by atoms with E-state index in [-0.39, 0.29) is 0 Å². The largest absolute Gasteiger partial charge is 0.513 e. The number of aliphatic hydroxyl groups is 1. The molecule has 13 heavy (non-hydrogen) atoms. The molecule has 78 valence electrons. The molecule has 0 amide bonds. The zero-order valence-electron chi connectivity index (χ0n) is 9.18. The minimum Gasteiger partial charge on any atom is -0.513 e. The number of aliphatic hydroxyl groups excluding tert-OH is 1. The van der Waals surface area contributed by atoms with Gasteiger partial charge in [-0.05, 0) is 12.3 Å². The highest BCUT2D eigenvalue weighted by Crippen LogP contribution is 2.12. The van der Waals surface area contributed by atoms with Crippen molar-refractivity contribution < 1.29 is 5.11 Å². The van der Waals surface area contributed by atoms with E-state index in [1.807, 2.05) is 0 Å². The molecule has 0 heterocycles. The molecule has 0 bridgehead atoms. The van der Waals surface area contributed by atoms with Gasteiger partial charge in [0.2, 0.25) is 0 Å². The molecule has 0 spiro atoms. The smallest absolute Gasteiger partial charge is 0.0851 e. The molecule has 1 heteroatoms. The molecule has 0 aromatic heterocycles. The van der Waals surface area contributed by atoms with Crippen LogP contribution in [0.1, 0.15) is 58.8 Å². The van der Waals surface area contributed by atoms with Crippen molar-refractivity contribution in [2.75, 3.05) is 0 Å². The topological polar surface area (TPSA) is 20.2 Å². The maximum Gasteiger partial charge on any atom is 0.0851 e. The van der Waals surface area contributed by atoms with Gasteiger partial charge in [0, 0.05) is 6.42 Å². The summed E-state index contributed by atoms with van der Waals surface area (Å²) in [4.78, 5) is 0. The van der Waals surface area contributed by atoms with Crippen LogP contribution < -0.4 is 0 Å². The molecule has 0 aromatic rings. The van der Waals surface area contributed by atoms with Crippen LogP contribution in [0, 0.1) is 5.92 Å². The summed E-state index contributed by atoms with van der Waals surface area (Å²) in [5.41, 5.74) is 0. The monoisotopic (exact) mass is 184 g/mol. The Morgan fingerprint density at radius 2 is 1.62 bits per heavy atom. The molecule has 0 saturated heterocycles. The van der Waals surface area contributed by atoms with Crippen molar-refractivity contribution in [3.63, 3.8) is 0 Å². The van der Waals surface area contributed by atoms with Crippen molar-refractivity contribution in [3.05, 3.63) is 12.3 Å². The van der Waals surface area contributed by atoms with E-state index in [2.05, 4.69) is 20.4 Å². The summed E-state index contributed by atoms with van der Waals surface area (Å²) in [6, 6.07) is 0. The summed E-state index contributed by atoms with van der Waals surface area (Å²) in [7, 11) is 0. The van der Waals surface area contributed by atoms with Crippen molar-refractivity contribution in [2.45, 2.75) is 58.8 Å². The highest BCUT2D eigenvalue weighted by Gasteiger charge is 1.95. The fourth-order valence-electron chi connectivity index (χ4n) is 1.41. The summed E-state index contributed by atoms with van der Waals surface area (Å²) in [6.45, 7) is 8.01. The number of unbranched alkanes of at least 4 members (excludes halogenated alkanes) is 4. The molecule has 0 aliphatic rings. The molecular formula is C12H24O. The van der Waals surface area contributed by atoms with Gasteiger partial charge >= 0.3 is 0 Å². The first kappa shape index (κ1) is 12.5. The van der Waals surface area contributed by atoms with Gasteiger partial charge in [0.1, 0.15) is 0 Å². The third-order valence-corrected chi connectivity index (χ3v) is 2.25. The number of hydrogen-bond donors (Lipinski definition) is 1. The molecule has 0 radical (unpaired) electrons. The summed E-state index contributed by atoms with van der Waals surface area (Å²) >= 11 is 0. The molecule has 0 fully saturated rings. The van der Waals surface area contributed by atoms with Crippen LogP contribution in [0.3, 0.4) is 0 Å². The Hall–Kier alpha value is -0.460. The van der Waals surface area contributed by atoms with E-state index < -0.39 is 0 Å². The first-order chi connectivity index (χ1) is 6.13. The van der Waals surface area contributed by atoms with Gasteiger partial charge in [-0.1, -0.05) is 52.5 Å². The van der Waals surface area contributed by atoms with E-state index in [9.17, 15) is 0 Å². The van der Waals surface area contributed by atoms with Crippen LogP contribution in [0.15, 0.2) is 12.3 Å². The van der Waals surface area contributed by atoms with E-state index >= 15 is 0 Å². The van der Waals surface area contributed by atoms with Crippen LogP contribution in [0.5, 0.6) is 0 Å². The molecule has 0 unspecified atom stereocenters. The van der Waals surface area contributed by atoms with Crippen LogP contribution >= 0.6 is 0 Å². The van der Waals surface area contributed by atoms with Gasteiger partial charge in [-0.3, -0.25) is 0 Å². The second kappa shape index (κ2) is 8.15. The Kier molecular flexibility index (Phi) is 7.86. The fourth-order valence-corrected chi connectivity index (χ4v) is 1.41. The predicted molar refractivity (Wildman–Crippen MR) is 58.9 cm³/mol. The third-order valence-electron chi connectivity index (χ3n) is 2.25. The molecule has 0 aliphatic heterocycles. The van der Waals surface area contributed by atoms with Crippen LogP contribution in [0.4, 0.5) is 0 Å². The van der Waals surface area contributed by atoms with E-state index in [0.29, 0.717) is 5.76 Å². The molecular weight excluding hydrogens is 160 g/mol. The van der Waals surface area contributed by atoms with E-state index in [0.717, 1.165) is 18.8 Å². The molecule has 0 saturated carbocycles. The Labute approximate surface area is 82.9 Å². The lowest BCUT2D eigenvalue weighted by Gasteiger charge is -2.03. The lowest BCUT2D eigenvalue weighted by atomic mass is 10.0. The minimum absolute atomic E-state index is 0.335. The number of hydrogen-bond acceptors (Lipinski definition) is 1. The van der Waals surface area contributed by atoms with Crippen molar-refractivity contribution in [1.82, 2.24) is 0 Å². The van der Waals surface area contributed by atoms with Gasteiger partial charge in [-0.15, -0.1) is 0 Å². The third kappa shape index (κ3) is 11.5. The van der Waals surface area contributed by atoms with Crippen LogP contribution in [-0.4, -0.2) is 5.11 Å². The first-order valence-electron chi connectivity index (χ1n) is 5.49. The zero-order chi connectivity index (χ0) is 10.1. The van der Waals surface area contributed by atoms with Crippen molar-refractivity contribution in [1.29, 1.82) is 0 Å². The second-order valence-corrected chi connectivity index (χ2v) is 4.27. The van der Waals surface area contributed by atoms with Crippen LogP contribution in [0.25, 0.3) is 0 Å². The Balaban J connectivity index is 2.96. The summed E-state index contributed by atoms with van der Waals surface area (Å²) in [5, 5.41) is 8.83.